The molecular weight excluding hydrogens is 486 g/mol. The fourth-order valence-corrected chi connectivity index (χ4v) is 4.94. The number of pyridine rings is 2. The van der Waals surface area contributed by atoms with E-state index in [2.05, 4.69) is 16.9 Å². The predicted octanol–water partition coefficient (Wildman–Crippen LogP) is 6.59. The van der Waals surface area contributed by atoms with Crippen LogP contribution in [0.25, 0.3) is 6.20 Å². The van der Waals surface area contributed by atoms with Crippen LogP contribution in [0.3, 0.4) is 0 Å². The number of aryl methyl sites for hydroxylation is 1. The number of anilines is 1. The fourth-order valence-electron chi connectivity index (χ4n) is 4.49. The van der Waals surface area contributed by atoms with Gasteiger partial charge in [-0.2, -0.15) is 0 Å². The third-order valence-electron chi connectivity index (χ3n) is 6.30. The van der Waals surface area contributed by atoms with Gasteiger partial charge in [0, 0.05) is 36.1 Å². The average Bonchev–Trinajstić information content (AvgIpc) is 3.50. The van der Waals surface area contributed by atoms with Gasteiger partial charge in [-0.1, -0.05) is 42.3 Å². The van der Waals surface area contributed by atoms with Gasteiger partial charge in [-0.15, -0.1) is 0 Å². The Kier molecular flexibility index (Phi) is 7.24. The molecule has 3 aromatic rings. The van der Waals surface area contributed by atoms with Gasteiger partial charge in [0.05, 0.1) is 16.4 Å². The van der Waals surface area contributed by atoms with Crippen molar-refractivity contribution in [2.24, 2.45) is 10.9 Å². The smallest absolute Gasteiger partial charge is 0.273 e. The summed E-state index contributed by atoms with van der Waals surface area (Å²) in [4.78, 5) is 21.7. The molecule has 0 bridgehead atoms. The van der Waals surface area contributed by atoms with Crippen molar-refractivity contribution >= 4 is 40.8 Å². The van der Waals surface area contributed by atoms with Crippen LogP contribution in [0.2, 0.25) is 10.0 Å². The highest BCUT2D eigenvalue weighted by Crippen LogP contribution is 2.61. The lowest BCUT2D eigenvalue weighted by Gasteiger charge is -2.11. The highest BCUT2D eigenvalue weighted by Gasteiger charge is 2.50. The van der Waals surface area contributed by atoms with Crippen molar-refractivity contribution in [2.45, 2.75) is 32.6 Å². The minimum absolute atomic E-state index is 0.0211. The number of nitrogens with two attached hydrogens (primary N) is 1. The largest absolute Gasteiger partial charge is 0.396 e. The SMILES string of the molecule is C/C=C/N=C(/C=C/n1c(C)cc(C2C(C)C2c2cncc(Cl)c2)c(Cl)c1=O)c1cccc(N)c1F. The summed E-state index contributed by atoms with van der Waals surface area (Å²) in [5.41, 5.74) is 8.50. The Bertz CT molecular complexity index is 1430. The van der Waals surface area contributed by atoms with E-state index < -0.39 is 5.82 Å². The lowest BCUT2D eigenvalue weighted by molar-refractivity contribution is 0.630. The minimum atomic E-state index is -0.567. The number of aliphatic imine (C=N–C) groups is 1. The topological polar surface area (TPSA) is 73.3 Å². The maximum Gasteiger partial charge on any atom is 0.273 e. The van der Waals surface area contributed by atoms with E-state index in [-0.39, 0.29) is 33.7 Å². The lowest BCUT2D eigenvalue weighted by Crippen LogP contribution is -2.20. The number of halogens is 3. The van der Waals surface area contributed by atoms with Crippen molar-refractivity contribution in [1.82, 2.24) is 9.55 Å². The number of hydrogen-bond donors (Lipinski definition) is 1. The van der Waals surface area contributed by atoms with Crippen molar-refractivity contribution < 1.29 is 4.39 Å². The number of rotatable bonds is 6. The van der Waals surface area contributed by atoms with Crippen molar-refractivity contribution in [3.63, 3.8) is 0 Å². The summed E-state index contributed by atoms with van der Waals surface area (Å²) >= 11 is 12.7. The van der Waals surface area contributed by atoms with Crippen LogP contribution < -0.4 is 11.3 Å². The van der Waals surface area contributed by atoms with Crippen LogP contribution in [0.5, 0.6) is 0 Å². The van der Waals surface area contributed by atoms with Gasteiger partial charge in [-0.05, 0) is 73.1 Å². The Labute approximate surface area is 213 Å². The Morgan fingerprint density at radius 2 is 2.00 bits per heavy atom. The number of nitrogen functional groups attached to an aromatic ring is 1. The summed E-state index contributed by atoms with van der Waals surface area (Å²) < 4.78 is 16.1. The number of hydrogen-bond acceptors (Lipinski definition) is 4. The molecule has 1 aliphatic carbocycles. The molecule has 0 aliphatic heterocycles. The molecule has 1 aromatic carbocycles. The van der Waals surface area contributed by atoms with Crippen molar-refractivity contribution in [1.29, 1.82) is 0 Å². The molecule has 2 N–H and O–H groups in total. The molecule has 1 aliphatic rings. The van der Waals surface area contributed by atoms with E-state index >= 15 is 0 Å². The van der Waals surface area contributed by atoms with Gasteiger partial charge in [-0.25, -0.2) is 4.39 Å². The van der Waals surface area contributed by atoms with Gasteiger partial charge in [0.25, 0.3) is 5.56 Å². The van der Waals surface area contributed by atoms with Crippen LogP contribution in [0.15, 0.2) is 70.9 Å². The molecule has 8 heteroatoms. The first-order valence-electron chi connectivity index (χ1n) is 11.2. The maximum atomic E-state index is 14.6. The third kappa shape index (κ3) is 4.95. The summed E-state index contributed by atoms with van der Waals surface area (Å²) in [7, 11) is 0. The second kappa shape index (κ2) is 10.2. The first-order chi connectivity index (χ1) is 16.7. The van der Waals surface area contributed by atoms with E-state index in [1.165, 1.54) is 10.6 Å². The zero-order chi connectivity index (χ0) is 25.3. The van der Waals surface area contributed by atoms with Crippen molar-refractivity contribution in [3.05, 3.63) is 110 Å². The molecular formula is C27H25Cl2FN4O. The molecule has 3 unspecified atom stereocenters. The van der Waals surface area contributed by atoms with Crippen LogP contribution in [-0.4, -0.2) is 15.3 Å². The normalized spacial score (nSPS) is 20.2. The number of aromatic nitrogens is 2. The van der Waals surface area contributed by atoms with Gasteiger partial charge < -0.3 is 5.73 Å². The molecule has 0 saturated heterocycles. The second-order valence-corrected chi connectivity index (χ2v) is 9.41. The molecule has 2 aromatic heterocycles. The number of allylic oxidation sites excluding steroid dienone is 2. The van der Waals surface area contributed by atoms with Gasteiger partial charge in [0.2, 0.25) is 0 Å². The summed E-state index contributed by atoms with van der Waals surface area (Å²) in [5.74, 6) is 0.0159. The summed E-state index contributed by atoms with van der Waals surface area (Å²) in [6, 6.07) is 8.55. The average molecular weight is 511 g/mol. The van der Waals surface area contributed by atoms with Crippen LogP contribution >= 0.6 is 23.2 Å². The third-order valence-corrected chi connectivity index (χ3v) is 6.89. The van der Waals surface area contributed by atoms with Crippen LogP contribution in [0.1, 0.15) is 48.1 Å². The molecule has 5 nitrogen and oxygen atoms in total. The minimum Gasteiger partial charge on any atom is -0.396 e. The monoisotopic (exact) mass is 510 g/mol. The molecule has 1 saturated carbocycles. The van der Waals surface area contributed by atoms with E-state index in [0.29, 0.717) is 22.3 Å². The Morgan fingerprint density at radius 3 is 2.71 bits per heavy atom. The standard InChI is InChI=1S/C27H25Cl2FN4O/c1-4-9-33-22(19-6-5-7-21(31)26(19)30)8-10-34-15(2)11-20(25(29)27(34)35)24-16(3)23(24)17-12-18(28)14-32-13-17/h4-14,16,23-24H,31H2,1-3H3/b9-4+,10-8+,33-22-. The Hall–Kier alpha value is -3.22. The van der Waals surface area contributed by atoms with E-state index in [1.807, 2.05) is 19.1 Å². The van der Waals surface area contributed by atoms with Gasteiger partial charge in [0.1, 0.15) is 5.02 Å². The molecule has 180 valence electrons. The highest BCUT2D eigenvalue weighted by molar-refractivity contribution is 6.31. The summed E-state index contributed by atoms with van der Waals surface area (Å²) in [5, 5.41) is 0.742. The Balaban J connectivity index is 1.70. The predicted molar refractivity (Wildman–Crippen MR) is 142 cm³/mol. The van der Waals surface area contributed by atoms with Crippen LogP contribution in [-0.2, 0) is 0 Å². The molecule has 35 heavy (non-hydrogen) atoms. The molecule has 0 amide bonds. The van der Waals surface area contributed by atoms with Gasteiger partial charge in [0.15, 0.2) is 5.82 Å². The maximum absolute atomic E-state index is 14.6. The molecule has 0 radical (unpaired) electrons. The molecule has 2 heterocycles. The zero-order valence-corrected chi connectivity index (χ0v) is 21.1. The fraction of sp³-hybridized carbons (Fsp3) is 0.222. The quantitative estimate of drug-likeness (QED) is 0.300. The number of nitrogens with zero attached hydrogens (tertiary/aromatic N) is 3. The van der Waals surface area contributed by atoms with Crippen LogP contribution in [0, 0.1) is 18.7 Å². The van der Waals surface area contributed by atoms with Gasteiger partial charge >= 0.3 is 0 Å². The Morgan fingerprint density at radius 1 is 1.23 bits per heavy atom. The van der Waals surface area contributed by atoms with E-state index in [4.69, 9.17) is 28.9 Å². The highest BCUT2D eigenvalue weighted by atomic mass is 35.5. The van der Waals surface area contributed by atoms with E-state index in [1.54, 1.807) is 56.0 Å². The second-order valence-electron chi connectivity index (χ2n) is 8.60. The molecule has 1 fully saturated rings. The van der Waals surface area contributed by atoms with Crippen molar-refractivity contribution in [3.8, 4) is 0 Å². The van der Waals surface area contributed by atoms with Gasteiger partial charge in [-0.3, -0.25) is 19.3 Å². The summed E-state index contributed by atoms with van der Waals surface area (Å²) in [6.45, 7) is 5.76. The first-order valence-corrected chi connectivity index (χ1v) is 11.9. The molecule has 3 atom stereocenters. The van der Waals surface area contributed by atoms with Crippen LogP contribution in [0.4, 0.5) is 10.1 Å². The first kappa shape index (κ1) is 24.9. The van der Waals surface area contributed by atoms with E-state index in [9.17, 15) is 9.18 Å². The molecule has 0 spiro atoms. The summed E-state index contributed by atoms with van der Waals surface area (Å²) in [6.07, 6.45) is 9.80. The molecule has 4 rings (SSSR count). The van der Waals surface area contributed by atoms with Crippen molar-refractivity contribution in [2.75, 3.05) is 5.73 Å². The number of benzene rings is 1. The lowest BCUT2D eigenvalue weighted by atomic mass is 10.1. The van der Waals surface area contributed by atoms with E-state index in [0.717, 1.165) is 11.1 Å². The zero-order valence-electron chi connectivity index (χ0n) is 19.5.